The Hall–Kier alpha value is -1.44. The van der Waals surface area contributed by atoms with E-state index < -0.39 is 0 Å². The van der Waals surface area contributed by atoms with Crippen LogP contribution in [0.3, 0.4) is 0 Å². The van der Waals surface area contributed by atoms with Crippen molar-refractivity contribution in [3.63, 3.8) is 0 Å². The van der Waals surface area contributed by atoms with Gasteiger partial charge >= 0.3 is 0 Å². The largest absolute Gasteiger partial charge is 0.491 e. The van der Waals surface area contributed by atoms with Gasteiger partial charge in [-0.05, 0) is 37.5 Å². The molecule has 2 heterocycles. The first-order chi connectivity index (χ1) is 18.7. The third-order valence-corrected chi connectivity index (χ3v) is 9.60. The first kappa shape index (κ1) is 31.1. The quantitative estimate of drug-likeness (QED) is 0.0905. The Morgan fingerprint density at radius 3 is 1.34 bits per heavy atom. The second-order valence-electron chi connectivity index (χ2n) is 11.2. The normalized spacial score (nSPS) is 14.2. The summed E-state index contributed by atoms with van der Waals surface area (Å²) in [6.07, 6.45) is 25.0. The van der Waals surface area contributed by atoms with Crippen LogP contribution in [0.5, 0.6) is 11.5 Å². The Labute approximate surface area is 240 Å². The molecule has 38 heavy (non-hydrogen) atoms. The molecular weight excluding hydrogens is 505 g/mol. The number of benzene rings is 1. The minimum Gasteiger partial charge on any atom is -0.491 e. The minimum absolute atomic E-state index is 0.631. The van der Waals surface area contributed by atoms with Crippen molar-refractivity contribution in [1.82, 2.24) is 0 Å². The summed E-state index contributed by atoms with van der Waals surface area (Å²) in [5.74, 6) is 3.32. The Kier molecular flexibility index (Phi) is 14.7. The summed E-state index contributed by atoms with van der Waals surface area (Å²) in [5.41, 5.74) is 2.34. The highest BCUT2D eigenvalue weighted by atomic mass is 32.1. The molecule has 0 amide bonds. The minimum atomic E-state index is 0.631. The smallest absolute Gasteiger partial charge is 0.147 e. The highest BCUT2D eigenvalue weighted by Gasteiger charge is 2.22. The highest BCUT2D eigenvalue weighted by Crippen LogP contribution is 2.39. The Bertz CT molecular complexity index is 1050. The number of ether oxygens (including phenoxy) is 2. The van der Waals surface area contributed by atoms with Crippen molar-refractivity contribution in [3.8, 4) is 11.5 Å². The lowest BCUT2D eigenvalue weighted by Gasteiger charge is -2.21. The van der Waals surface area contributed by atoms with Crippen molar-refractivity contribution in [2.75, 3.05) is 13.2 Å². The lowest BCUT2D eigenvalue weighted by molar-refractivity contribution is 0.218. The van der Waals surface area contributed by atoms with Crippen LogP contribution in [-0.4, -0.2) is 23.3 Å². The lowest BCUT2D eigenvalue weighted by Crippen LogP contribution is -2.15. The van der Waals surface area contributed by atoms with Crippen molar-refractivity contribution in [1.29, 1.82) is 0 Å². The van der Waals surface area contributed by atoms with E-state index in [1.54, 1.807) is 21.9 Å². The molecule has 0 radical (unpaired) electrons. The highest BCUT2D eigenvalue weighted by molar-refractivity contribution is 7.90. The Morgan fingerprint density at radius 1 is 0.553 bits per heavy atom. The average molecular weight is 557 g/mol. The SMILES string of the molecule is CCCCCCC(CCCC)COc1c2c(c(OCC(CCCC)CCCCCC)c3c1=S=C=C3)=S=C=C2. The standard InChI is InChI=1S/C34H52O2S2/c1-5-9-13-15-19-27(17-11-7-3)25-35-31-29-21-23-38-34(29)32(30-22-24-37-33(30)31)36-26-28(18-12-8-4)20-16-14-10-6-2/h21-22,27-28H,5-20,25-26H2,1-4H3. The van der Waals surface area contributed by atoms with Gasteiger partial charge in [-0.15, -0.1) is 0 Å². The molecule has 0 fully saturated rings. The summed E-state index contributed by atoms with van der Waals surface area (Å²) in [4.78, 5) is 0. The van der Waals surface area contributed by atoms with Crippen LogP contribution in [0, 0.1) is 20.9 Å². The molecular formula is C34H52O2S2. The molecule has 2 aliphatic heterocycles. The van der Waals surface area contributed by atoms with Crippen molar-refractivity contribution in [2.45, 2.75) is 130 Å². The van der Waals surface area contributed by atoms with Crippen LogP contribution in [0.4, 0.5) is 0 Å². The Balaban J connectivity index is 1.75. The van der Waals surface area contributed by atoms with Crippen LogP contribution in [0.15, 0.2) is 0 Å². The summed E-state index contributed by atoms with van der Waals surface area (Å²) in [6.45, 7) is 10.8. The molecule has 0 aliphatic carbocycles. The second-order valence-corrected chi connectivity index (χ2v) is 12.9. The van der Waals surface area contributed by atoms with Gasteiger partial charge in [0.05, 0.1) is 22.2 Å². The van der Waals surface area contributed by atoms with Crippen LogP contribution in [0.2, 0.25) is 0 Å². The van der Waals surface area contributed by atoms with E-state index >= 15 is 0 Å². The van der Waals surface area contributed by atoms with Gasteiger partial charge in [-0.2, -0.15) is 0 Å². The van der Waals surface area contributed by atoms with E-state index in [1.165, 1.54) is 123 Å². The van der Waals surface area contributed by atoms with Crippen LogP contribution < -0.4 is 9.47 Å². The number of hydrogen-bond acceptors (Lipinski definition) is 2. The molecule has 1 aromatic rings. The molecule has 212 valence electrons. The summed E-state index contributed by atoms with van der Waals surface area (Å²) < 4.78 is 15.8. The molecule has 3 rings (SSSR count). The van der Waals surface area contributed by atoms with Crippen LogP contribution >= 0.6 is 21.9 Å². The fourth-order valence-electron chi connectivity index (χ4n) is 5.47. The van der Waals surface area contributed by atoms with E-state index in [-0.39, 0.29) is 0 Å². The third kappa shape index (κ3) is 9.34. The molecule has 0 saturated heterocycles. The van der Waals surface area contributed by atoms with Gasteiger partial charge in [-0.25, -0.2) is 0 Å². The molecule has 0 spiro atoms. The first-order valence-corrected chi connectivity index (χ1v) is 17.4. The van der Waals surface area contributed by atoms with Crippen molar-refractivity contribution in [3.05, 3.63) is 20.1 Å². The van der Waals surface area contributed by atoms with E-state index in [4.69, 9.17) is 9.47 Å². The monoisotopic (exact) mass is 556 g/mol. The maximum absolute atomic E-state index is 6.70. The second kappa shape index (κ2) is 18.0. The zero-order chi connectivity index (χ0) is 27.0. The number of hydrogen-bond donors (Lipinski definition) is 0. The van der Waals surface area contributed by atoms with E-state index in [0.717, 1.165) is 24.7 Å². The number of fused-ring (bicyclic) bond motifs is 2. The van der Waals surface area contributed by atoms with Gasteiger partial charge in [0, 0.05) is 23.3 Å². The summed E-state index contributed by atoms with van der Waals surface area (Å²) in [6, 6.07) is 0. The zero-order valence-electron chi connectivity index (χ0n) is 24.7. The van der Waals surface area contributed by atoms with Crippen molar-refractivity contribution < 1.29 is 9.47 Å². The molecule has 0 aromatic heterocycles. The molecule has 4 heteroatoms. The summed E-state index contributed by atoms with van der Waals surface area (Å²) >= 11 is 0. The van der Waals surface area contributed by atoms with Gasteiger partial charge in [0.25, 0.3) is 0 Å². The average Bonchev–Trinajstić information content (AvgIpc) is 3.62. The number of rotatable bonds is 22. The van der Waals surface area contributed by atoms with Gasteiger partial charge in [0.15, 0.2) is 0 Å². The van der Waals surface area contributed by atoms with Crippen LogP contribution in [-0.2, 0) is 0 Å². The molecule has 2 unspecified atom stereocenters. The molecule has 0 saturated carbocycles. The van der Waals surface area contributed by atoms with Gasteiger partial charge in [0.1, 0.15) is 11.5 Å². The molecule has 0 N–H and O–H groups in total. The van der Waals surface area contributed by atoms with Gasteiger partial charge in [-0.1, -0.05) is 137 Å². The lowest BCUT2D eigenvalue weighted by atomic mass is 9.96. The fourth-order valence-corrected chi connectivity index (χ4v) is 7.11. The topological polar surface area (TPSA) is 18.5 Å². The molecule has 2 nitrogen and oxygen atoms in total. The zero-order valence-corrected chi connectivity index (χ0v) is 26.3. The van der Waals surface area contributed by atoms with Gasteiger partial charge < -0.3 is 9.47 Å². The van der Waals surface area contributed by atoms with E-state index in [1.807, 2.05) is 0 Å². The predicted octanol–water partition coefficient (Wildman–Crippen LogP) is 10.8. The Morgan fingerprint density at radius 2 is 0.947 bits per heavy atom. The maximum atomic E-state index is 6.70. The first-order valence-electron chi connectivity index (χ1n) is 15.7. The molecule has 2 aliphatic rings. The van der Waals surface area contributed by atoms with E-state index in [2.05, 4.69) is 49.9 Å². The van der Waals surface area contributed by atoms with E-state index in [9.17, 15) is 0 Å². The van der Waals surface area contributed by atoms with Crippen molar-refractivity contribution >= 4 is 44.1 Å². The summed E-state index contributed by atoms with van der Waals surface area (Å²) in [7, 11) is 3.34. The molecule has 1 aromatic carbocycles. The molecule has 0 bridgehead atoms. The summed E-state index contributed by atoms with van der Waals surface area (Å²) in [5, 5.41) is 6.80. The number of unbranched alkanes of at least 4 members (excludes halogenated alkanes) is 8. The van der Waals surface area contributed by atoms with Crippen molar-refractivity contribution in [2.24, 2.45) is 11.8 Å². The van der Waals surface area contributed by atoms with Gasteiger partial charge in [0.2, 0.25) is 0 Å². The fraction of sp³-hybridized carbons (Fsp3) is 0.706. The van der Waals surface area contributed by atoms with Crippen LogP contribution in [0.1, 0.15) is 142 Å². The predicted molar refractivity (Wildman–Crippen MR) is 173 cm³/mol. The van der Waals surface area contributed by atoms with Gasteiger partial charge in [-0.3, -0.25) is 0 Å². The van der Waals surface area contributed by atoms with E-state index in [0.29, 0.717) is 11.8 Å². The maximum Gasteiger partial charge on any atom is 0.147 e. The third-order valence-electron chi connectivity index (χ3n) is 7.91. The van der Waals surface area contributed by atoms with Crippen LogP contribution in [0.25, 0.3) is 12.2 Å². The molecule has 2 atom stereocenters.